The maximum absolute atomic E-state index is 14.1. The largest absolute Gasteiger partial charge is 0.454 e. The van der Waals surface area contributed by atoms with Gasteiger partial charge in [0.2, 0.25) is 0 Å². The topological polar surface area (TPSA) is 52.6 Å². The molecule has 0 aromatic heterocycles. The van der Waals surface area contributed by atoms with Crippen molar-refractivity contribution in [3.8, 4) is 0 Å². The van der Waals surface area contributed by atoms with Crippen LogP contribution >= 0.6 is 0 Å². The number of esters is 2. The molecule has 0 saturated heterocycles. The van der Waals surface area contributed by atoms with Crippen molar-refractivity contribution < 1.29 is 19.1 Å². The Morgan fingerprint density at radius 3 is 1.66 bits per heavy atom. The molecule has 226 valence electrons. The average molecular weight is 587 g/mol. The smallest absolute Gasteiger partial charge is 0.338 e. The summed E-state index contributed by atoms with van der Waals surface area (Å²) in [4.78, 5) is 28.1. The van der Waals surface area contributed by atoms with Crippen LogP contribution in [0.15, 0.2) is 72.8 Å². The van der Waals surface area contributed by atoms with Crippen LogP contribution in [-0.2, 0) is 9.47 Å². The van der Waals surface area contributed by atoms with Gasteiger partial charge in [-0.1, -0.05) is 91.6 Å². The zero-order valence-electron chi connectivity index (χ0n) is 26.9. The lowest BCUT2D eigenvalue weighted by atomic mass is 9.40. The van der Waals surface area contributed by atoms with E-state index in [2.05, 4.69) is 69.3 Å². The van der Waals surface area contributed by atoms with E-state index in [1.807, 2.05) is 52.0 Å². The maximum atomic E-state index is 14.1. The van der Waals surface area contributed by atoms with Crippen LogP contribution in [0.1, 0.15) is 99.5 Å². The molecule has 4 heteroatoms. The fourth-order valence-electron chi connectivity index (χ4n) is 9.57. The first-order valence-electron chi connectivity index (χ1n) is 16.0. The molecule has 8 rings (SSSR count). The zero-order valence-corrected chi connectivity index (χ0v) is 26.9. The molecule has 0 radical (unpaired) electrons. The quantitative estimate of drug-likeness (QED) is 0.219. The Morgan fingerprint density at radius 2 is 1.16 bits per heavy atom. The molecule has 2 bridgehead atoms. The molecule has 0 amide bonds. The third kappa shape index (κ3) is 4.09. The van der Waals surface area contributed by atoms with Gasteiger partial charge in [0.15, 0.2) is 0 Å². The Bertz CT molecular complexity index is 1790. The summed E-state index contributed by atoms with van der Waals surface area (Å²) >= 11 is 0. The van der Waals surface area contributed by atoms with Gasteiger partial charge in [-0.2, -0.15) is 0 Å². The van der Waals surface area contributed by atoms with E-state index in [1.165, 1.54) is 21.9 Å². The third-order valence-electron chi connectivity index (χ3n) is 11.3. The van der Waals surface area contributed by atoms with E-state index in [1.54, 1.807) is 0 Å². The Hall–Kier alpha value is -3.92. The van der Waals surface area contributed by atoms with Crippen LogP contribution in [0.3, 0.4) is 0 Å². The van der Waals surface area contributed by atoms with Gasteiger partial charge in [0.05, 0.1) is 11.1 Å². The first-order chi connectivity index (χ1) is 20.9. The van der Waals surface area contributed by atoms with Crippen LogP contribution in [0.2, 0.25) is 0 Å². The second-order valence-electron chi connectivity index (χ2n) is 14.4. The highest BCUT2D eigenvalue weighted by Crippen LogP contribution is 2.75. The fraction of sp³-hybridized carbons (Fsp3) is 0.400. The van der Waals surface area contributed by atoms with Crippen LogP contribution in [0, 0.1) is 44.4 Å². The van der Waals surface area contributed by atoms with Crippen molar-refractivity contribution in [3.63, 3.8) is 0 Å². The lowest BCUT2D eigenvalue weighted by molar-refractivity contribution is -0.229. The minimum atomic E-state index is -0.604. The van der Waals surface area contributed by atoms with Gasteiger partial charge in [0, 0.05) is 22.7 Å². The fourth-order valence-corrected chi connectivity index (χ4v) is 9.57. The van der Waals surface area contributed by atoms with E-state index >= 15 is 0 Å². The van der Waals surface area contributed by atoms with Gasteiger partial charge >= 0.3 is 11.9 Å². The molecular formula is C40H42O4. The molecule has 0 heterocycles. The number of hydrogen-bond donors (Lipinski definition) is 0. The number of ether oxygens (including phenoxy) is 2. The molecule has 4 aliphatic rings. The first-order valence-corrected chi connectivity index (χ1v) is 16.0. The molecule has 6 unspecified atom stereocenters. The van der Waals surface area contributed by atoms with Crippen molar-refractivity contribution in [2.45, 2.75) is 85.4 Å². The highest BCUT2D eigenvalue weighted by Gasteiger charge is 2.73. The monoisotopic (exact) mass is 586 g/mol. The SMILES string of the molecule is Cc1cc(C)cc(C(=O)OC2C(OC(=O)c3cc(C)cc(C)c3)C3(C(C)C)CCC2(C)C2c4cccc5cccc(c45)C23)c1. The van der Waals surface area contributed by atoms with E-state index in [9.17, 15) is 9.59 Å². The Balaban J connectivity index is 1.41. The number of aryl methyl sites for hydroxylation is 4. The highest BCUT2D eigenvalue weighted by molar-refractivity contribution is 5.94. The van der Waals surface area contributed by atoms with E-state index in [-0.39, 0.29) is 29.7 Å². The van der Waals surface area contributed by atoms with Gasteiger partial charge in [0.25, 0.3) is 0 Å². The summed E-state index contributed by atoms with van der Waals surface area (Å²) in [6.45, 7) is 14.8. The van der Waals surface area contributed by atoms with E-state index in [0.717, 1.165) is 35.1 Å². The van der Waals surface area contributed by atoms with Crippen molar-refractivity contribution >= 4 is 22.7 Å². The average Bonchev–Trinajstić information content (AvgIpc) is 3.32. The number of carbonyl (C=O) groups excluding carboxylic acids is 2. The normalized spacial score (nSPS) is 28.3. The molecule has 44 heavy (non-hydrogen) atoms. The van der Waals surface area contributed by atoms with Crippen molar-refractivity contribution in [3.05, 3.63) is 117 Å². The number of fused-ring (bicyclic) bond motifs is 2. The molecular weight excluding hydrogens is 544 g/mol. The minimum absolute atomic E-state index is 0.146. The summed E-state index contributed by atoms with van der Waals surface area (Å²) in [6, 6.07) is 25.0. The third-order valence-corrected chi connectivity index (χ3v) is 11.3. The second-order valence-corrected chi connectivity index (χ2v) is 14.4. The van der Waals surface area contributed by atoms with Crippen LogP contribution in [-0.4, -0.2) is 24.1 Å². The summed E-state index contributed by atoms with van der Waals surface area (Å²) in [7, 11) is 0. The lowest BCUT2D eigenvalue weighted by Crippen LogP contribution is -2.69. The number of carbonyl (C=O) groups is 2. The second kappa shape index (κ2) is 10.1. The van der Waals surface area contributed by atoms with Crippen molar-refractivity contribution in [1.82, 2.24) is 0 Å². The van der Waals surface area contributed by atoms with Crippen LogP contribution < -0.4 is 0 Å². The predicted molar refractivity (Wildman–Crippen MR) is 174 cm³/mol. The van der Waals surface area contributed by atoms with Crippen LogP contribution in [0.5, 0.6) is 0 Å². The van der Waals surface area contributed by atoms with Gasteiger partial charge in [-0.05, 0) is 92.6 Å². The predicted octanol–water partition coefficient (Wildman–Crippen LogP) is 9.16. The summed E-state index contributed by atoms with van der Waals surface area (Å²) in [5.41, 5.74) is 6.97. The van der Waals surface area contributed by atoms with Crippen LogP contribution in [0.25, 0.3) is 10.8 Å². The molecule has 3 saturated carbocycles. The van der Waals surface area contributed by atoms with Crippen LogP contribution in [0.4, 0.5) is 0 Å². The Morgan fingerprint density at radius 1 is 0.682 bits per heavy atom. The standard InChI is InChI=1S/C40H42O4/c1-22(2)40-15-14-39(7,33-30-12-8-10-27-11-9-13-31(32(27)30)34(33)40)35(43-37(41)28-18-23(3)16-24(4)19-28)36(40)44-38(42)29-20-25(5)17-26(6)21-29/h8-13,16-22,33-36H,14-15H2,1-7H3. The molecule has 4 nitrogen and oxygen atoms in total. The minimum Gasteiger partial charge on any atom is -0.454 e. The number of rotatable bonds is 5. The lowest BCUT2D eigenvalue weighted by Gasteiger charge is -2.66. The molecule has 0 aliphatic heterocycles. The molecule has 3 fully saturated rings. The first kappa shape index (κ1) is 28.8. The molecule has 4 aromatic carbocycles. The Kier molecular flexibility index (Phi) is 6.59. The summed E-state index contributed by atoms with van der Waals surface area (Å²) in [6.07, 6.45) is 0.580. The van der Waals surface area contributed by atoms with E-state index in [4.69, 9.17) is 9.47 Å². The van der Waals surface area contributed by atoms with E-state index in [0.29, 0.717) is 11.1 Å². The van der Waals surface area contributed by atoms with Gasteiger partial charge in [-0.3, -0.25) is 0 Å². The van der Waals surface area contributed by atoms with Crippen molar-refractivity contribution in [1.29, 1.82) is 0 Å². The summed E-state index contributed by atoms with van der Waals surface area (Å²) < 4.78 is 13.4. The zero-order chi connectivity index (χ0) is 31.1. The van der Waals surface area contributed by atoms with Gasteiger partial charge in [-0.15, -0.1) is 0 Å². The highest BCUT2D eigenvalue weighted by atomic mass is 16.6. The molecule has 0 spiro atoms. The van der Waals surface area contributed by atoms with Crippen molar-refractivity contribution in [2.75, 3.05) is 0 Å². The number of hydrogen-bond acceptors (Lipinski definition) is 4. The molecule has 4 aromatic rings. The maximum Gasteiger partial charge on any atom is 0.338 e. The number of benzene rings is 4. The summed E-state index contributed by atoms with van der Waals surface area (Å²) in [5, 5.41) is 2.56. The van der Waals surface area contributed by atoms with E-state index < -0.39 is 23.0 Å². The summed E-state index contributed by atoms with van der Waals surface area (Å²) in [5.74, 6) is -0.240. The van der Waals surface area contributed by atoms with Gasteiger partial charge < -0.3 is 9.47 Å². The van der Waals surface area contributed by atoms with Crippen molar-refractivity contribution in [2.24, 2.45) is 16.7 Å². The Labute approximate surface area is 260 Å². The van der Waals surface area contributed by atoms with Gasteiger partial charge in [-0.25, -0.2) is 9.59 Å². The molecule has 6 atom stereocenters. The molecule has 0 N–H and O–H groups in total. The molecule has 4 aliphatic carbocycles. The van der Waals surface area contributed by atoms with Gasteiger partial charge in [0.1, 0.15) is 12.2 Å².